The van der Waals surface area contributed by atoms with Crippen molar-refractivity contribution in [3.05, 3.63) is 56.9 Å². The number of amides is 1. The van der Waals surface area contributed by atoms with Gasteiger partial charge in [-0.1, -0.05) is 30.3 Å². The van der Waals surface area contributed by atoms with E-state index in [1.807, 2.05) is 30.3 Å². The van der Waals surface area contributed by atoms with Crippen molar-refractivity contribution in [2.45, 2.75) is 18.5 Å². The van der Waals surface area contributed by atoms with Crippen molar-refractivity contribution in [3.8, 4) is 0 Å². The molecule has 1 aromatic carbocycles. The lowest BCUT2D eigenvalue weighted by atomic mass is 10.0. The van der Waals surface area contributed by atoms with E-state index in [2.05, 4.69) is 53.2 Å². The molecule has 2 atom stereocenters. The van der Waals surface area contributed by atoms with Crippen molar-refractivity contribution in [3.63, 3.8) is 0 Å². The van der Waals surface area contributed by atoms with Crippen LogP contribution in [0.5, 0.6) is 0 Å². The Morgan fingerprint density at radius 1 is 1.30 bits per heavy atom. The van der Waals surface area contributed by atoms with Crippen LogP contribution in [0.25, 0.3) is 0 Å². The molecule has 0 radical (unpaired) electrons. The van der Waals surface area contributed by atoms with Crippen molar-refractivity contribution in [1.82, 2.24) is 16.3 Å². The Morgan fingerprint density at radius 2 is 2.09 bits per heavy atom. The first kappa shape index (κ1) is 16.4. The molecular formula is C15H14Br2N4O2. The van der Waals surface area contributed by atoms with Crippen molar-refractivity contribution in [2.75, 3.05) is 0 Å². The van der Waals surface area contributed by atoms with Crippen molar-refractivity contribution in [1.29, 1.82) is 0 Å². The second-order valence-electron chi connectivity index (χ2n) is 5.04. The molecule has 6 nitrogen and oxygen atoms in total. The molecule has 1 saturated heterocycles. The zero-order valence-electron chi connectivity index (χ0n) is 11.9. The van der Waals surface area contributed by atoms with Crippen LogP contribution in [0.1, 0.15) is 23.8 Å². The Balaban J connectivity index is 1.53. The predicted octanol–water partition coefficient (Wildman–Crippen LogP) is 2.86. The highest BCUT2D eigenvalue weighted by molar-refractivity contribution is 9.13. The van der Waals surface area contributed by atoms with Gasteiger partial charge in [0.05, 0.1) is 10.7 Å². The fourth-order valence-electron chi connectivity index (χ4n) is 2.30. The van der Waals surface area contributed by atoms with Crippen molar-refractivity contribution >= 4 is 44.0 Å². The monoisotopic (exact) mass is 440 g/mol. The lowest BCUT2D eigenvalue weighted by Crippen LogP contribution is -2.41. The Hall–Kier alpha value is -1.48. The summed E-state index contributed by atoms with van der Waals surface area (Å²) in [6, 6.07) is 11.5. The van der Waals surface area contributed by atoms with Gasteiger partial charge in [0, 0.05) is 12.1 Å². The van der Waals surface area contributed by atoms with Crippen LogP contribution in [0.15, 0.2) is 55.1 Å². The molecule has 3 rings (SSSR count). The quantitative estimate of drug-likeness (QED) is 0.503. The van der Waals surface area contributed by atoms with E-state index in [-0.39, 0.29) is 18.0 Å². The minimum absolute atomic E-state index is 0.105. The number of furan rings is 1. The number of hydrazine groups is 1. The van der Waals surface area contributed by atoms with Crippen LogP contribution in [0.3, 0.4) is 0 Å². The summed E-state index contributed by atoms with van der Waals surface area (Å²) in [7, 11) is 0. The van der Waals surface area contributed by atoms with Gasteiger partial charge in [-0.05, 0) is 43.8 Å². The fraction of sp³-hybridized carbons (Fsp3) is 0.200. The van der Waals surface area contributed by atoms with Crippen LogP contribution in [-0.2, 0) is 4.79 Å². The van der Waals surface area contributed by atoms with E-state index in [0.717, 1.165) is 10.0 Å². The summed E-state index contributed by atoms with van der Waals surface area (Å²) in [5, 5.41) is 3.91. The van der Waals surface area contributed by atoms with Gasteiger partial charge in [0.1, 0.15) is 11.8 Å². The van der Waals surface area contributed by atoms with E-state index in [1.54, 1.807) is 6.07 Å². The van der Waals surface area contributed by atoms with Crippen LogP contribution < -0.4 is 16.3 Å². The standard InChI is InChI=1S/C15H14Br2N4O2/c16-11-6-10(23-14(11)17)8-18-21-15(22)13-7-12(19-20-13)9-4-2-1-3-5-9/h1-6,8,12-13,19-20H,7H2,(H,21,22)/b18-8+. The molecule has 3 N–H and O–H groups in total. The largest absolute Gasteiger partial charge is 0.447 e. The van der Waals surface area contributed by atoms with Gasteiger partial charge in [0.2, 0.25) is 0 Å². The third-order valence-corrected chi connectivity index (χ3v) is 5.16. The Morgan fingerprint density at radius 3 is 2.78 bits per heavy atom. The first-order valence-corrected chi connectivity index (χ1v) is 8.56. The molecule has 1 aliphatic rings. The molecular weight excluding hydrogens is 428 g/mol. The van der Waals surface area contributed by atoms with Crippen LogP contribution in [0.2, 0.25) is 0 Å². The molecule has 2 aromatic rings. The van der Waals surface area contributed by atoms with Crippen LogP contribution in [0, 0.1) is 0 Å². The zero-order valence-corrected chi connectivity index (χ0v) is 15.1. The second kappa shape index (κ2) is 7.39. The SMILES string of the molecule is O=C(N/N=C/c1cc(Br)c(Br)o1)C1CC(c2ccccc2)NN1. The highest BCUT2D eigenvalue weighted by Gasteiger charge is 2.29. The Kier molecular flexibility index (Phi) is 5.27. The summed E-state index contributed by atoms with van der Waals surface area (Å²) < 4.78 is 6.71. The van der Waals surface area contributed by atoms with Gasteiger partial charge in [-0.3, -0.25) is 4.79 Å². The number of carbonyl (C=O) groups excluding carboxylic acids is 1. The number of hydrazone groups is 1. The van der Waals surface area contributed by atoms with Gasteiger partial charge in [-0.2, -0.15) is 5.10 Å². The van der Waals surface area contributed by atoms with Gasteiger partial charge in [-0.25, -0.2) is 16.3 Å². The Labute approximate surface area is 149 Å². The third kappa shape index (κ3) is 4.08. The maximum Gasteiger partial charge on any atom is 0.258 e. The van der Waals surface area contributed by atoms with Crippen molar-refractivity contribution in [2.24, 2.45) is 5.10 Å². The molecule has 2 unspecified atom stereocenters. The first-order chi connectivity index (χ1) is 11.1. The number of nitrogens with zero attached hydrogens (tertiary/aromatic N) is 1. The highest BCUT2D eigenvalue weighted by Crippen LogP contribution is 2.25. The van der Waals surface area contributed by atoms with Gasteiger partial charge in [0.25, 0.3) is 5.91 Å². The highest BCUT2D eigenvalue weighted by atomic mass is 79.9. The average molecular weight is 442 g/mol. The number of benzene rings is 1. The van der Waals surface area contributed by atoms with E-state index < -0.39 is 0 Å². The molecule has 0 bridgehead atoms. The van der Waals surface area contributed by atoms with Gasteiger partial charge in [-0.15, -0.1) is 0 Å². The molecule has 0 aliphatic carbocycles. The van der Waals surface area contributed by atoms with Gasteiger partial charge < -0.3 is 4.42 Å². The van der Waals surface area contributed by atoms with Gasteiger partial charge in [0.15, 0.2) is 4.67 Å². The van der Waals surface area contributed by atoms with E-state index in [9.17, 15) is 4.79 Å². The summed E-state index contributed by atoms with van der Waals surface area (Å²) in [5.41, 5.74) is 9.78. The summed E-state index contributed by atoms with van der Waals surface area (Å²) in [5.74, 6) is 0.334. The minimum Gasteiger partial charge on any atom is -0.447 e. The predicted molar refractivity (Wildman–Crippen MR) is 93.7 cm³/mol. The lowest BCUT2D eigenvalue weighted by Gasteiger charge is -2.08. The smallest absolute Gasteiger partial charge is 0.258 e. The molecule has 120 valence electrons. The zero-order chi connectivity index (χ0) is 16.2. The number of rotatable bonds is 4. The maximum absolute atomic E-state index is 12.1. The summed E-state index contributed by atoms with van der Waals surface area (Å²) in [6.45, 7) is 0. The summed E-state index contributed by atoms with van der Waals surface area (Å²) >= 11 is 6.55. The summed E-state index contributed by atoms with van der Waals surface area (Å²) in [4.78, 5) is 12.1. The summed E-state index contributed by atoms with van der Waals surface area (Å²) in [6.07, 6.45) is 2.10. The van der Waals surface area contributed by atoms with E-state index in [1.165, 1.54) is 6.21 Å². The topological polar surface area (TPSA) is 78.7 Å². The molecule has 1 fully saturated rings. The molecule has 8 heteroatoms. The van der Waals surface area contributed by atoms with Crippen molar-refractivity contribution < 1.29 is 9.21 Å². The Bertz CT molecular complexity index is 698. The van der Waals surface area contributed by atoms with Crippen LogP contribution >= 0.6 is 31.9 Å². The average Bonchev–Trinajstić information content (AvgIpc) is 3.16. The van der Waals surface area contributed by atoms with Crippen LogP contribution in [0.4, 0.5) is 0 Å². The van der Waals surface area contributed by atoms with Crippen LogP contribution in [-0.4, -0.2) is 18.2 Å². The number of hydrogen-bond donors (Lipinski definition) is 3. The fourth-order valence-corrected chi connectivity index (χ4v) is 2.90. The molecule has 1 amide bonds. The molecule has 1 aliphatic heterocycles. The normalized spacial score (nSPS) is 21.0. The number of carbonyl (C=O) groups is 1. The number of hydrogen-bond acceptors (Lipinski definition) is 5. The maximum atomic E-state index is 12.1. The molecule has 1 aromatic heterocycles. The molecule has 0 saturated carbocycles. The van der Waals surface area contributed by atoms with E-state index in [4.69, 9.17) is 4.42 Å². The second-order valence-corrected chi connectivity index (χ2v) is 6.62. The molecule has 2 heterocycles. The number of halogens is 2. The lowest BCUT2D eigenvalue weighted by molar-refractivity contribution is -0.122. The molecule has 0 spiro atoms. The number of nitrogens with one attached hydrogen (secondary N) is 3. The van der Waals surface area contributed by atoms with E-state index in [0.29, 0.717) is 16.9 Å². The third-order valence-electron chi connectivity index (χ3n) is 3.45. The minimum atomic E-state index is -0.340. The first-order valence-electron chi connectivity index (χ1n) is 6.97. The van der Waals surface area contributed by atoms with Gasteiger partial charge >= 0.3 is 0 Å². The van der Waals surface area contributed by atoms with E-state index >= 15 is 0 Å². The molecule has 23 heavy (non-hydrogen) atoms.